The minimum Gasteiger partial charge on any atom is -0.487 e. The van der Waals surface area contributed by atoms with E-state index in [-0.39, 0.29) is 12.2 Å². The summed E-state index contributed by atoms with van der Waals surface area (Å²) in [6.45, 7) is 8.87. The smallest absolute Gasteiger partial charge is 0.257 e. The quantitative estimate of drug-likeness (QED) is 0.186. The van der Waals surface area contributed by atoms with Crippen molar-refractivity contribution in [2.45, 2.75) is 76.8 Å². The number of nitrogens with one attached hydrogen (secondary N) is 1. The maximum atomic E-state index is 6.47. The number of anilines is 2. The van der Waals surface area contributed by atoms with E-state index in [0.29, 0.717) is 47.8 Å². The molecule has 2 unspecified atom stereocenters. The molecule has 0 bridgehead atoms. The number of morpholine rings is 1. The Labute approximate surface area is 280 Å². The molecule has 2 atom stereocenters. The summed E-state index contributed by atoms with van der Waals surface area (Å²) in [5, 5.41) is 12.9. The van der Waals surface area contributed by atoms with Crippen LogP contribution in [0.2, 0.25) is 5.02 Å². The van der Waals surface area contributed by atoms with Crippen LogP contribution in [0.5, 0.6) is 11.6 Å². The van der Waals surface area contributed by atoms with Gasteiger partial charge in [0.2, 0.25) is 5.95 Å². The van der Waals surface area contributed by atoms with Crippen LogP contribution in [0.1, 0.15) is 52.0 Å². The average Bonchev–Trinajstić information content (AvgIpc) is 3.75. The number of rotatable bonds is 14. The predicted octanol–water partition coefficient (Wildman–Crippen LogP) is 5.42. The van der Waals surface area contributed by atoms with Crippen LogP contribution >= 0.6 is 11.6 Å². The van der Waals surface area contributed by atoms with Crippen molar-refractivity contribution in [3.05, 3.63) is 54.5 Å². The van der Waals surface area contributed by atoms with Gasteiger partial charge in [0, 0.05) is 57.2 Å². The van der Waals surface area contributed by atoms with Crippen LogP contribution in [0.25, 0.3) is 11.1 Å². The molecule has 13 nitrogen and oxygen atoms in total. The number of halogens is 1. The van der Waals surface area contributed by atoms with Crippen molar-refractivity contribution >= 4 is 23.2 Å². The van der Waals surface area contributed by atoms with Gasteiger partial charge in [-0.3, -0.25) is 9.58 Å². The highest BCUT2D eigenvalue weighted by Crippen LogP contribution is 2.36. The Morgan fingerprint density at radius 2 is 1.77 bits per heavy atom. The van der Waals surface area contributed by atoms with Crippen molar-refractivity contribution < 1.29 is 18.9 Å². The molecule has 1 N–H and O–H groups in total. The number of aromatic nitrogens is 7. The monoisotopic (exact) mass is 665 g/mol. The second-order valence-corrected chi connectivity index (χ2v) is 12.7. The van der Waals surface area contributed by atoms with Gasteiger partial charge in [-0.1, -0.05) is 17.7 Å². The highest BCUT2D eigenvalue weighted by molar-refractivity contribution is 6.32. The van der Waals surface area contributed by atoms with Crippen molar-refractivity contribution in [3.8, 4) is 22.8 Å². The molecule has 1 saturated carbocycles. The second kappa shape index (κ2) is 15.9. The van der Waals surface area contributed by atoms with Crippen molar-refractivity contribution in [1.82, 2.24) is 39.4 Å². The highest BCUT2D eigenvalue weighted by atomic mass is 35.5. The predicted molar refractivity (Wildman–Crippen MR) is 178 cm³/mol. The van der Waals surface area contributed by atoms with Gasteiger partial charge < -0.3 is 24.3 Å². The Kier molecular flexibility index (Phi) is 11.2. The van der Waals surface area contributed by atoms with Crippen molar-refractivity contribution in [2.75, 3.05) is 45.3 Å². The molecule has 6 rings (SSSR count). The van der Waals surface area contributed by atoms with Gasteiger partial charge in [0.1, 0.15) is 30.2 Å². The van der Waals surface area contributed by atoms with E-state index in [4.69, 9.17) is 35.6 Å². The molecular formula is C33H44ClN9O4. The minimum atomic E-state index is -0.165. The normalized spacial score (nSPS) is 20.1. The van der Waals surface area contributed by atoms with Crippen LogP contribution in [0.4, 0.5) is 11.6 Å². The Morgan fingerprint density at radius 1 is 1.00 bits per heavy atom. The Bertz CT molecular complexity index is 1540. The summed E-state index contributed by atoms with van der Waals surface area (Å²) in [5.41, 5.74) is 2.46. The summed E-state index contributed by atoms with van der Waals surface area (Å²) in [6.07, 6.45) is 13.7. The molecule has 1 aliphatic heterocycles. The van der Waals surface area contributed by atoms with E-state index >= 15 is 0 Å². The van der Waals surface area contributed by atoms with Crippen molar-refractivity contribution in [1.29, 1.82) is 0 Å². The number of hydrogen-bond acceptors (Lipinski definition) is 11. The van der Waals surface area contributed by atoms with Crippen LogP contribution < -0.4 is 14.8 Å². The van der Waals surface area contributed by atoms with Crippen LogP contribution in [0, 0.1) is 0 Å². The van der Waals surface area contributed by atoms with Crippen molar-refractivity contribution in [3.63, 3.8) is 0 Å². The van der Waals surface area contributed by atoms with E-state index in [1.54, 1.807) is 30.5 Å². The first-order valence-electron chi connectivity index (χ1n) is 16.4. The summed E-state index contributed by atoms with van der Waals surface area (Å²) in [7, 11) is 1.70. The SMILES string of the molecule is COCCC(C)Oc1nn(C2CCC(N3CCOCC3)CC2)cc1Nc1ncc(-c2ccc(Cl)c(OC(C)Cn3cncn3)c2)cn1. The molecule has 252 valence electrons. The molecule has 0 radical (unpaired) electrons. The fraction of sp³-hybridized carbons (Fsp3) is 0.545. The number of methoxy groups -OCH3 is 1. The molecule has 1 aromatic carbocycles. The van der Waals surface area contributed by atoms with E-state index < -0.39 is 0 Å². The van der Waals surface area contributed by atoms with Gasteiger partial charge in [-0.05, 0) is 57.2 Å². The first-order valence-corrected chi connectivity index (χ1v) is 16.8. The molecule has 1 saturated heterocycles. The summed E-state index contributed by atoms with van der Waals surface area (Å²) >= 11 is 6.47. The first kappa shape index (κ1) is 33.1. The van der Waals surface area contributed by atoms with E-state index in [9.17, 15) is 0 Å². The second-order valence-electron chi connectivity index (χ2n) is 12.3. The van der Waals surface area contributed by atoms with Gasteiger partial charge >= 0.3 is 0 Å². The third kappa shape index (κ3) is 8.78. The van der Waals surface area contributed by atoms with Gasteiger partial charge in [0.25, 0.3) is 5.88 Å². The molecular weight excluding hydrogens is 622 g/mol. The number of nitrogens with zero attached hydrogens (tertiary/aromatic N) is 8. The van der Waals surface area contributed by atoms with Crippen LogP contribution in [0.15, 0.2) is 49.4 Å². The molecule has 47 heavy (non-hydrogen) atoms. The van der Waals surface area contributed by atoms with E-state index in [2.05, 4.69) is 34.9 Å². The van der Waals surface area contributed by atoms with Gasteiger partial charge in [-0.2, -0.15) is 5.10 Å². The zero-order valence-electron chi connectivity index (χ0n) is 27.3. The maximum Gasteiger partial charge on any atom is 0.257 e. The van der Waals surface area contributed by atoms with E-state index in [0.717, 1.165) is 75.2 Å². The standard InChI is InChI=1S/C33H44ClN9O4/c1-23(10-13-44-3)47-32-30(20-43(40-32)28-7-5-27(6-8-28)41-11-14-45-15-12-41)39-33-36-17-26(18-37-33)25-4-9-29(34)31(16-25)46-24(2)19-42-22-35-21-38-42/h4,9,16-18,20-24,27-28H,5-8,10-15,19H2,1-3H3,(H,36,37,39). The Balaban J connectivity index is 1.13. The van der Waals surface area contributed by atoms with Gasteiger partial charge in [0.15, 0.2) is 0 Å². The lowest BCUT2D eigenvalue weighted by Crippen LogP contribution is -2.45. The third-order valence-electron chi connectivity index (χ3n) is 8.74. The lowest BCUT2D eigenvalue weighted by atomic mass is 9.90. The molecule has 4 aromatic rings. The summed E-state index contributed by atoms with van der Waals surface area (Å²) in [6, 6.07) is 6.57. The molecule has 3 aromatic heterocycles. The zero-order chi connectivity index (χ0) is 32.6. The summed E-state index contributed by atoms with van der Waals surface area (Å²) in [5.74, 6) is 1.57. The number of ether oxygens (including phenoxy) is 4. The molecule has 2 fully saturated rings. The lowest BCUT2D eigenvalue weighted by molar-refractivity contribution is 0.00500. The number of hydrogen-bond donors (Lipinski definition) is 1. The van der Waals surface area contributed by atoms with E-state index in [1.165, 1.54) is 6.33 Å². The van der Waals surface area contributed by atoms with Crippen LogP contribution in [-0.4, -0.2) is 97.7 Å². The van der Waals surface area contributed by atoms with Crippen LogP contribution in [0.3, 0.4) is 0 Å². The molecule has 14 heteroatoms. The van der Waals surface area contributed by atoms with Gasteiger partial charge in [-0.25, -0.2) is 19.6 Å². The van der Waals surface area contributed by atoms with Gasteiger partial charge in [-0.15, -0.1) is 5.10 Å². The Morgan fingerprint density at radius 3 is 2.49 bits per heavy atom. The fourth-order valence-electron chi connectivity index (χ4n) is 6.18. The Hall–Kier alpha value is -3.78. The van der Waals surface area contributed by atoms with Crippen molar-refractivity contribution in [2.24, 2.45) is 0 Å². The first-order chi connectivity index (χ1) is 22.9. The fourth-order valence-corrected chi connectivity index (χ4v) is 6.34. The zero-order valence-corrected chi connectivity index (χ0v) is 28.1. The maximum absolute atomic E-state index is 6.47. The highest BCUT2D eigenvalue weighted by Gasteiger charge is 2.29. The molecule has 0 amide bonds. The molecule has 1 aliphatic carbocycles. The van der Waals surface area contributed by atoms with E-state index in [1.807, 2.05) is 38.2 Å². The number of benzene rings is 1. The minimum absolute atomic E-state index is 0.0700. The van der Waals surface area contributed by atoms with Gasteiger partial charge in [0.05, 0.1) is 43.1 Å². The molecule has 0 spiro atoms. The average molecular weight is 666 g/mol. The molecule has 4 heterocycles. The molecule has 2 aliphatic rings. The lowest BCUT2D eigenvalue weighted by Gasteiger charge is -2.38. The third-order valence-corrected chi connectivity index (χ3v) is 9.06. The summed E-state index contributed by atoms with van der Waals surface area (Å²) < 4.78 is 27.0. The topological polar surface area (TPSA) is 127 Å². The largest absolute Gasteiger partial charge is 0.487 e. The van der Waals surface area contributed by atoms with Crippen LogP contribution in [-0.2, 0) is 16.0 Å². The summed E-state index contributed by atoms with van der Waals surface area (Å²) in [4.78, 5) is 15.8.